The van der Waals surface area contributed by atoms with E-state index >= 15 is 0 Å². The van der Waals surface area contributed by atoms with Crippen LogP contribution in [-0.4, -0.2) is 17.6 Å². The molecule has 0 radical (unpaired) electrons. The number of nitrogens with zero attached hydrogens (tertiary/aromatic N) is 1. The van der Waals surface area contributed by atoms with Crippen molar-refractivity contribution in [3.63, 3.8) is 0 Å². The van der Waals surface area contributed by atoms with E-state index in [1.165, 1.54) is 23.5 Å². The fourth-order valence-corrected chi connectivity index (χ4v) is 3.98. The number of benzene rings is 2. The molecule has 0 aliphatic rings. The summed E-state index contributed by atoms with van der Waals surface area (Å²) in [4.78, 5) is 17.3. The number of oxazole rings is 1. The van der Waals surface area contributed by atoms with Gasteiger partial charge in [0.05, 0.1) is 28.6 Å². The highest BCUT2D eigenvalue weighted by Gasteiger charge is 2.21. The Morgan fingerprint density at radius 1 is 1.25 bits per heavy atom. The van der Waals surface area contributed by atoms with Crippen molar-refractivity contribution in [2.45, 2.75) is 13.3 Å². The Hall–Kier alpha value is -2.70. The van der Waals surface area contributed by atoms with Gasteiger partial charge in [-0.3, -0.25) is 4.79 Å². The molecule has 0 fully saturated rings. The smallest absolute Gasteiger partial charge is 0.312 e. The summed E-state index contributed by atoms with van der Waals surface area (Å²) < 4.78 is 26.1. The number of carbonyl (C=O) groups excluding carboxylic acids is 1. The van der Waals surface area contributed by atoms with Crippen LogP contribution in [0.1, 0.15) is 12.6 Å². The van der Waals surface area contributed by atoms with Gasteiger partial charge in [0.25, 0.3) is 0 Å². The summed E-state index contributed by atoms with van der Waals surface area (Å²) in [5, 5.41) is 1.09. The zero-order valence-corrected chi connectivity index (χ0v) is 16.4. The van der Waals surface area contributed by atoms with Crippen LogP contribution >= 0.6 is 22.9 Å². The first-order chi connectivity index (χ1) is 13.5. The fraction of sp³-hybridized carbons (Fsp3) is 0.143. The number of hydrogen-bond acceptors (Lipinski definition) is 5. The van der Waals surface area contributed by atoms with Gasteiger partial charge in [-0.15, -0.1) is 11.3 Å². The second-order valence-corrected chi connectivity index (χ2v) is 7.54. The fourth-order valence-electron chi connectivity index (χ4n) is 2.88. The maximum atomic E-state index is 14.0. The number of carbonyl (C=O) groups is 1. The zero-order valence-electron chi connectivity index (χ0n) is 14.9. The summed E-state index contributed by atoms with van der Waals surface area (Å²) in [6, 6.07) is 14.3. The van der Waals surface area contributed by atoms with Gasteiger partial charge in [-0.1, -0.05) is 29.8 Å². The second kappa shape index (κ2) is 7.73. The van der Waals surface area contributed by atoms with Crippen molar-refractivity contribution in [1.82, 2.24) is 4.98 Å². The van der Waals surface area contributed by atoms with Crippen molar-refractivity contribution in [3.05, 3.63) is 65.1 Å². The second-order valence-electron chi connectivity index (χ2n) is 6.05. The lowest BCUT2D eigenvalue weighted by Crippen LogP contribution is -2.08. The van der Waals surface area contributed by atoms with Gasteiger partial charge in [0.2, 0.25) is 5.89 Å². The summed E-state index contributed by atoms with van der Waals surface area (Å²) >= 11 is 7.32. The summed E-state index contributed by atoms with van der Waals surface area (Å²) in [6.45, 7) is 2.00. The van der Waals surface area contributed by atoms with E-state index in [1.807, 2.05) is 30.3 Å². The van der Waals surface area contributed by atoms with Crippen LogP contribution in [0.25, 0.3) is 32.2 Å². The van der Waals surface area contributed by atoms with Crippen LogP contribution in [0, 0.1) is 5.82 Å². The molecule has 0 aliphatic carbocycles. The highest BCUT2D eigenvalue weighted by atomic mass is 35.5. The third-order valence-corrected chi connectivity index (χ3v) is 5.54. The predicted molar refractivity (Wildman–Crippen MR) is 108 cm³/mol. The molecule has 142 valence electrons. The average molecular weight is 416 g/mol. The molecule has 4 rings (SSSR count). The third kappa shape index (κ3) is 3.66. The summed E-state index contributed by atoms with van der Waals surface area (Å²) in [7, 11) is 0. The van der Waals surface area contributed by atoms with Crippen LogP contribution in [-0.2, 0) is 16.0 Å². The minimum absolute atomic E-state index is 0.0138. The van der Waals surface area contributed by atoms with E-state index in [9.17, 15) is 9.18 Å². The molecule has 2 aromatic heterocycles. The summed E-state index contributed by atoms with van der Waals surface area (Å²) in [5.74, 6) is -0.280. The number of hydrogen-bond donors (Lipinski definition) is 0. The molecule has 0 saturated heterocycles. The molecule has 0 unspecified atom stereocenters. The van der Waals surface area contributed by atoms with E-state index in [4.69, 9.17) is 20.8 Å². The molecule has 7 heteroatoms. The molecule has 2 aromatic carbocycles. The lowest BCUT2D eigenvalue weighted by Gasteiger charge is -2.03. The number of aromatic nitrogens is 1. The molecule has 4 aromatic rings. The van der Waals surface area contributed by atoms with Crippen molar-refractivity contribution >= 4 is 39.0 Å². The molecule has 0 bridgehead atoms. The number of esters is 1. The number of fused-ring (bicyclic) bond motifs is 1. The molecular weight excluding hydrogens is 401 g/mol. The molecule has 4 nitrogen and oxygen atoms in total. The van der Waals surface area contributed by atoms with Crippen LogP contribution < -0.4 is 0 Å². The van der Waals surface area contributed by atoms with Crippen LogP contribution in [0.3, 0.4) is 0 Å². The highest BCUT2D eigenvalue weighted by Crippen LogP contribution is 2.37. The highest BCUT2D eigenvalue weighted by molar-refractivity contribution is 7.22. The molecule has 0 atom stereocenters. The van der Waals surface area contributed by atoms with E-state index in [0.29, 0.717) is 22.9 Å². The Labute approximate surface area is 169 Å². The monoisotopic (exact) mass is 415 g/mol. The standard InChI is InChI=1S/C21H15ClFNO3S/c1-2-26-19(25)11-16-20(13-7-8-14(22)15(23)9-13)27-21(24-16)18-10-12-5-3-4-6-17(12)28-18/h3-10H,2,11H2,1H3. The van der Waals surface area contributed by atoms with Crippen molar-refractivity contribution in [2.75, 3.05) is 6.61 Å². The Morgan fingerprint density at radius 2 is 2.07 bits per heavy atom. The van der Waals surface area contributed by atoms with Gasteiger partial charge < -0.3 is 9.15 Å². The van der Waals surface area contributed by atoms with E-state index in [0.717, 1.165) is 15.0 Å². The number of halogens is 2. The van der Waals surface area contributed by atoms with Crippen molar-refractivity contribution in [3.8, 4) is 22.1 Å². The molecule has 2 heterocycles. The molecule has 0 saturated carbocycles. The van der Waals surface area contributed by atoms with Gasteiger partial charge in [-0.25, -0.2) is 9.37 Å². The minimum Gasteiger partial charge on any atom is -0.466 e. The normalized spacial score (nSPS) is 11.1. The Bertz CT molecular complexity index is 1130. The number of ether oxygens (including phenoxy) is 1. The molecule has 28 heavy (non-hydrogen) atoms. The van der Waals surface area contributed by atoms with E-state index in [2.05, 4.69) is 4.98 Å². The molecular formula is C21H15ClFNO3S. The SMILES string of the molecule is CCOC(=O)Cc1nc(-c2cc3ccccc3s2)oc1-c1ccc(Cl)c(F)c1. The average Bonchev–Trinajstić information content (AvgIpc) is 3.28. The van der Waals surface area contributed by atoms with Crippen molar-refractivity contribution < 1.29 is 18.3 Å². The first-order valence-electron chi connectivity index (χ1n) is 8.65. The third-order valence-electron chi connectivity index (χ3n) is 4.13. The zero-order chi connectivity index (χ0) is 19.7. The molecule has 0 spiro atoms. The first kappa shape index (κ1) is 18.7. The van der Waals surface area contributed by atoms with E-state index in [1.54, 1.807) is 13.0 Å². The van der Waals surface area contributed by atoms with Gasteiger partial charge in [0, 0.05) is 10.3 Å². The lowest BCUT2D eigenvalue weighted by atomic mass is 10.1. The van der Waals surface area contributed by atoms with Crippen molar-refractivity contribution in [1.29, 1.82) is 0 Å². The molecule has 0 aliphatic heterocycles. The number of thiophene rings is 1. The van der Waals surface area contributed by atoms with Crippen LogP contribution in [0.5, 0.6) is 0 Å². The van der Waals surface area contributed by atoms with Crippen LogP contribution in [0.2, 0.25) is 5.02 Å². The maximum absolute atomic E-state index is 14.0. The van der Waals surface area contributed by atoms with Gasteiger partial charge in [-0.2, -0.15) is 0 Å². The Morgan fingerprint density at radius 3 is 2.82 bits per heavy atom. The maximum Gasteiger partial charge on any atom is 0.312 e. The van der Waals surface area contributed by atoms with Crippen molar-refractivity contribution in [2.24, 2.45) is 0 Å². The summed E-state index contributed by atoms with van der Waals surface area (Å²) in [6.07, 6.45) is -0.0676. The minimum atomic E-state index is -0.568. The van der Waals surface area contributed by atoms with Gasteiger partial charge in [0.1, 0.15) is 5.82 Å². The molecule has 0 N–H and O–H groups in total. The van der Waals surface area contributed by atoms with E-state index < -0.39 is 11.8 Å². The lowest BCUT2D eigenvalue weighted by molar-refractivity contribution is -0.142. The number of rotatable bonds is 5. The topological polar surface area (TPSA) is 52.3 Å². The Balaban J connectivity index is 1.80. The largest absolute Gasteiger partial charge is 0.466 e. The first-order valence-corrected chi connectivity index (χ1v) is 9.84. The van der Waals surface area contributed by atoms with Crippen LogP contribution in [0.15, 0.2) is 52.9 Å². The Kier molecular flexibility index (Phi) is 5.15. The molecule has 0 amide bonds. The van der Waals surface area contributed by atoms with Crippen LogP contribution in [0.4, 0.5) is 4.39 Å². The van der Waals surface area contributed by atoms with Gasteiger partial charge in [0.15, 0.2) is 5.76 Å². The predicted octanol–water partition coefficient (Wildman–Crippen LogP) is 6.12. The van der Waals surface area contributed by atoms with E-state index in [-0.39, 0.29) is 18.1 Å². The van der Waals surface area contributed by atoms with Gasteiger partial charge >= 0.3 is 5.97 Å². The van der Waals surface area contributed by atoms with Gasteiger partial charge in [-0.05, 0) is 42.6 Å². The summed E-state index contributed by atoms with van der Waals surface area (Å²) in [5.41, 5.74) is 0.855. The quantitative estimate of drug-likeness (QED) is 0.368.